The van der Waals surface area contributed by atoms with Crippen LogP contribution in [-0.4, -0.2) is 37.6 Å². The largest absolute Gasteiger partial charge is 0.497 e. The molecule has 8 heteroatoms. The first-order valence-electron chi connectivity index (χ1n) is 24.6. The summed E-state index contributed by atoms with van der Waals surface area (Å²) in [6, 6.07) is 80.2. The molecule has 2 aromatic heterocycles. The van der Waals surface area contributed by atoms with Gasteiger partial charge in [0.2, 0.25) is 0 Å². The van der Waals surface area contributed by atoms with E-state index in [0.29, 0.717) is 11.1 Å². The number of benzene rings is 10. The summed E-state index contributed by atoms with van der Waals surface area (Å²) in [5.74, 6) is 3.11. The van der Waals surface area contributed by atoms with Crippen molar-refractivity contribution in [2.45, 2.75) is 5.41 Å². The zero-order chi connectivity index (χ0) is 51.2. The number of methoxy groups -OCH3 is 4. The van der Waals surface area contributed by atoms with Gasteiger partial charge >= 0.3 is 0 Å². The fourth-order valence-corrected chi connectivity index (χ4v) is 11.2. The average molecular weight is 973 g/mol. The third kappa shape index (κ3) is 7.59. The van der Waals surface area contributed by atoms with Crippen LogP contribution in [0.15, 0.2) is 218 Å². The Kier molecular flexibility index (Phi) is 11.6. The van der Waals surface area contributed by atoms with Crippen molar-refractivity contribution in [1.82, 2.24) is 9.13 Å². The molecule has 10 aromatic carbocycles. The van der Waals surface area contributed by atoms with Gasteiger partial charge in [0.05, 0.1) is 79.2 Å². The Balaban J connectivity index is 1.10. The lowest BCUT2D eigenvalue weighted by Gasteiger charge is -2.37. The summed E-state index contributed by atoms with van der Waals surface area (Å²) in [7, 11) is 6.76. The van der Waals surface area contributed by atoms with E-state index < -0.39 is 5.41 Å². The van der Waals surface area contributed by atoms with Gasteiger partial charge in [-0.1, -0.05) is 109 Å². The number of nitrogens with zero attached hydrogens (tertiary/aromatic N) is 4. The first-order valence-corrected chi connectivity index (χ1v) is 24.6. The van der Waals surface area contributed by atoms with E-state index in [-0.39, 0.29) is 0 Å². The van der Waals surface area contributed by atoms with Crippen molar-refractivity contribution < 1.29 is 18.9 Å². The van der Waals surface area contributed by atoms with Gasteiger partial charge in [0.25, 0.3) is 0 Å². The van der Waals surface area contributed by atoms with Crippen molar-refractivity contribution in [1.29, 1.82) is 10.5 Å². The molecule has 0 saturated carbocycles. The quantitative estimate of drug-likeness (QED) is 0.113. The van der Waals surface area contributed by atoms with E-state index in [1.165, 1.54) is 0 Å². The minimum Gasteiger partial charge on any atom is -0.497 e. The van der Waals surface area contributed by atoms with Gasteiger partial charge in [-0.15, -0.1) is 0 Å². The summed E-state index contributed by atoms with van der Waals surface area (Å²) in [6.45, 7) is 0. The summed E-state index contributed by atoms with van der Waals surface area (Å²) in [6.07, 6.45) is 0. The molecule has 0 aliphatic rings. The molecule has 0 amide bonds. The number of hydrogen-bond acceptors (Lipinski definition) is 6. The van der Waals surface area contributed by atoms with E-state index in [1.807, 2.05) is 72.8 Å². The van der Waals surface area contributed by atoms with E-state index >= 15 is 0 Å². The molecule has 12 aromatic rings. The zero-order valence-corrected chi connectivity index (χ0v) is 41.7. The van der Waals surface area contributed by atoms with Crippen LogP contribution < -0.4 is 18.9 Å². The molecule has 0 radical (unpaired) electrons. The zero-order valence-electron chi connectivity index (χ0n) is 41.7. The van der Waals surface area contributed by atoms with E-state index in [4.69, 9.17) is 18.9 Å². The third-order valence-corrected chi connectivity index (χ3v) is 14.8. The Morgan fingerprint density at radius 3 is 0.893 bits per heavy atom. The predicted molar refractivity (Wildman–Crippen MR) is 300 cm³/mol. The fraction of sp³-hybridized carbons (Fsp3) is 0.0746. The molecule has 75 heavy (non-hydrogen) atoms. The van der Waals surface area contributed by atoms with E-state index in [1.54, 1.807) is 28.4 Å². The molecule has 8 nitrogen and oxygen atoms in total. The van der Waals surface area contributed by atoms with Crippen LogP contribution in [0.1, 0.15) is 33.4 Å². The standard InChI is InChI=1S/C67H48N4O4/c1-72-53-29-33-63-59(37-53)60-38-54(73-2)30-34-64(60)70(63)51-25-21-49(22-26-51)67(47-17-13-43(14-18-47)57-11-7-5-9-45(57)41-68,48-19-15-44(16-20-48)58-12-8-6-10-46(58)42-69)50-23-27-52(28-24-50)71-65-35-31-55(74-3)39-61(65)62-40-56(75-4)32-36-66(62)71/h5-40H,1-4H3. The molecule has 0 unspecified atom stereocenters. The minimum absolute atomic E-state index is 0.611. The van der Waals surface area contributed by atoms with Crippen molar-refractivity contribution in [2.75, 3.05) is 28.4 Å². The van der Waals surface area contributed by atoms with Gasteiger partial charge < -0.3 is 28.1 Å². The second kappa shape index (κ2) is 18.9. The molecule has 0 fully saturated rings. The SMILES string of the molecule is COc1ccc2c(c1)c1cc(OC)ccc1n2-c1ccc(C(c2ccc(-c3ccccc3C#N)cc2)(c2ccc(-c3ccccc3C#N)cc2)c2ccc(-n3c4ccc(OC)cc4c4cc(OC)ccc43)cc2)cc1. The van der Waals surface area contributed by atoms with Gasteiger partial charge in [-0.25, -0.2) is 0 Å². The van der Waals surface area contributed by atoms with Crippen molar-refractivity contribution in [3.63, 3.8) is 0 Å². The fourth-order valence-electron chi connectivity index (χ4n) is 11.2. The van der Waals surface area contributed by atoms with Crippen molar-refractivity contribution in [3.8, 4) is 68.8 Å². The van der Waals surface area contributed by atoms with Crippen LogP contribution in [0.4, 0.5) is 0 Å². The lowest BCUT2D eigenvalue weighted by Crippen LogP contribution is -2.31. The van der Waals surface area contributed by atoms with Crippen LogP contribution in [0, 0.1) is 22.7 Å². The Hall–Kier alpha value is -10.0. The number of ether oxygens (including phenoxy) is 4. The van der Waals surface area contributed by atoms with Crippen LogP contribution in [0.2, 0.25) is 0 Å². The van der Waals surface area contributed by atoms with Crippen molar-refractivity contribution in [3.05, 3.63) is 252 Å². The first kappa shape index (κ1) is 46.1. The van der Waals surface area contributed by atoms with Gasteiger partial charge in [-0.05, 0) is 154 Å². The number of nitriles is 2. The topological polar surface area (TPSA) is 94.4 Å². The van der Waals surface area contributed by atoms with E-state index in [2.05, 4.69) is 167 Å². The highest BCUT2D eigenvalue weighted by atomic mass is 16.5. The van der Waals surface area contributed by atoms with Gasteiger partial charge in [-0.2, -0.15) is 10.5 Å². The number of rotatable bonds is 12. The Morgan fingerprint density at radius 2 is 0.613 bits per heavy atom. The second-order valence-electron chi connectivity index (χ2n) is 18.5. The van der Waals surface area contributed by atoms with Crippen LogP contribution >= 0.6 is 0 Å². The van der Waals surface area contributed by atoms with Crippen LogP contribution in [0.5, 0.6) is 23.0 Å². The highest BCUT2D eigenvalue weighted by Gasteiger charge is 2.39. The Bertz CT molecular complexity index is 3830. The molecular weight excluding hydrogens is 925 g/mol. The third-order valence-electron chi connectivity index (χ3n) is 14.8. The van der Waals surface area contributed by atoms with Crippen molar-refractivity contribution in [2.24, 2.45) is 0 Å². The van der Waals surface area contributed by atoms with Gasteiger partial charge in [0.1, 0.15) is 23.0 Å². The normalized spacial score (nSPS) is 11.4. The predicted octanol–water partition coefficient (Wildman–Crippen LogP) is 15.4. The molecule has 0 spiro atoms. The first-order chi connectivity index (χ1) is 36.9. The summed E-state index contributed by atoms with van der Waals surface area (Å²) in [4.78, 5) is 0. The second-order valence-corrected chi connectivity index (χ2v) is 18.5. The maximum absolute atomic E-state index is 10.2. The van der Waals surface area contributed by atoms with Crippen LogP contribution in [0.25, 0.3) is 77.2 Å². The summed E-state index contributed by atoms with van der Waals surface area (Å²) < 4.78 is 27.4. The lowest BCUT2D eigenvalue weighted by molar-refractivity contribution is 0.415. The summed E-state index contributed by atoms with van der Waals surface area (Å²) in [5.41, 5.74) is 14.2. The molecule has 2 heterocycles. The van der Waals surface area contributed by atoms with Gasteiger partial charge in [0, 0.05) is 32.9 Å². The monoisotopic (exact) mass is 972 g/mol. The van der Waals surface area contributed by atoms with Gasteiger partial charge in [-0.3, -0.25) is 0 Å². The molecule has 360 valence electrons. The Morgan fingerprint density at radius 1 is 0.333 bits per heavy atom. The average Bonchev–Trinajstić information content (AvgIpc) is 4.00. The highest BCUT2D eigenvalue weighted by molar-refractivity contribution is 6.11. The van der Waals surface area contributed by atoms with Crippen molar-refractivity contribution >= 4 is 43.6 Å². The number of hydrogen-bond donors (Lipinski definition) is 0. The van der Waals surface area contributed by atoms with Crippen LogP contribution in [0.3, 0.4) is 0 Å². The summed E-state index contributed by atoms with van der Waals surface area (Å²) >= 11 is 0. The molecule has 0 atom stereocenters. The number of aromatic nitrogens is 2. The van der Waals surface area contributed by atoms with Crippen LogP contribution in [-0.2, 0) is 5.41 Å². The molecule has 0 bridgehead atoms. The molecule has 0 saturated heterocycles. The summed E-state index contributed by atoms with van der Waals surface area (Å²) in [5, 5.41) is 24.5. The molecule has 0 aliphatic heterocycles. The molecule has 0 N–H and O–H groups in total. The smallest absolute Gasteiger partial charge is 0.119 e. The Labute approximate surface area is 434 Å². The van der Waals surface area contributed by atoms with E-state index in [9.17, 15) is 10.5 Å². The molecule has 0 aliphatic carbocycles. The van der Waals surface area contributed by atoms with Gasteiger partial charge in [0.15, 0.2) is 0 Å². The molecule has 12 rings (SSSR count). The number of fused-ring (bicyclic) bond motifs is 6. The molecular formula is C67H48N4O4. The van der Waals surface area contributed by atoms with E-state index in [0.717, 1.165) is 122 Å². The highest BCUT2D eigenvalue weighted by Crippen LogP contribution is 2.48. The maximum atomic E-state index is 10.2. The maximum Gasteiger partial charge on any atom is 0.119 e. The lowest BCUT2D eigenvalue weighted by atomic mass is 9.65. The minimum atomic E-state index is -0.902.